The molecule has 0 fully saturated rings. The molecule has 0 saturated carbocycles. The average Bonchev–Trinajstić information content (AvgIpc) is 2.61. The summed E-state index contributed by atoms with van der Waals surface area (Å²) in [7, 11) is 0. The number of primary amides is 1. The van der Waals surface area contributed by atoms with E-state index in [0.29, 0.717) is 5.75 Å². The van der Waals surface area contributed by atoms with Gasteiger partial charge in [-0.25, -0.2) is 0 Å². The van der Waals surface area contributed by atoms with Gasteiger partial charge < -0.3 is 15.8 Å². The zero-order valence-electron chi connectivity index (χ0n) is 14.0. The minimum Gasteiger partial charge on any atom is -0.484 e. The van der Waals surface area contributed by atoms with E-state index in [0.717, 1.165) is 24.8 Å². The summed E-state index contributed by atoms with van der Waals surface area (Å²) in [6.07, 6.45) is 3.28. The Labute approximate surface area is 147 Å². The van der Waals surface area contributed by atoms with Gasteiger partial charge in [0, 0.05) is 0 Å². The maximum absolute atomic E-state index is 12.2. The summed E-state index contributed by atoms with van der Waals surface area (Å²) < 4.78 is 5.53. The highest BCUT2D eigenvalue weighted by Crippen LogP contribution is 2.29. The van der Waals surface area contributed by atoms with Gasteiger partial charge in [-0.05, 0) is 48.1 Å². The van der Waals surface area contributed by atoms with Gasteiger partial charge in [0.1, 0.15) is 5.75 Å². The lowest BCUT2D eigenvalue weighted by Gasteiger charge is -2.26. The Morgan fingerprint density at radius 2 is 1.88 bits per heavy atom. The van der Waals surface area contributed by atoms with Gasteiger partial charge in [-0.2, -0.15) is 0 Å². The van der Waals surface area contributed by atoms with Crippen LogP contribution in [-0.4, -0.2) is 18.4 Å². The van der Waals surface area contributed by atoms with Gasteiger partial charge in [0.25, 0.3) is 5.91 Å². The summed E-state index contributed by atoms with van der Waals surface area (Å²) >= 11 is 0. The van der Waals surface area contributed by atoms with Crippen LogP contribution in [0.5, 0.6) is 5.75 Å². The van der Waals surface area contributed by atoms with Crippen molar-refractivity contribution in [2.24, 2.45) is 5.73 Å². The molecular weight excluding hydrogens is 316 g/mol. The number of carbonyl (C=O) groups is 2. The van der Waals surface area contributed by atoms with E-state index in [2.05, 4.69) is 17.4 Å². The monoisotopic (exact) mass is 338 g/mol. The van der Waals surface area contributed by atoms with Crippen LogP contribution >= 0.6 is 0 Å². The van der Waals surface area contributed by atoms with Crippen molar-refractivity contribution < 1.29 is 14.3 Å². The number of nitrogens with one attached hydrogen (secondary N) is 1. The lowest BCUT2D eigenvalue weighted by molar-refractivity contribution is -0.124. The van der Waals surface area contributed by atoms with E-state index >= 15 is 0 Å². The van der Waals surface area contributed by atoms with E-state index in [4.69, 9.17) is 10.5 Å². The molecule has 0 radical (unpaired) electrons. The number of benzene rings is 2. The molecule has 1 unspecified atom stereocenters. The summed E-state index contributed by atoms with van der Waals surface area (Å²) in [5.41, 5.74) is 8.50. The molecule has 0 heterocycles. The number of carbonyl (C=O) groups excluding carboxylic acids is 2. The molecule has 1 atom stereocenters. The molecule has 0 spiro atoms. The predicted octanol–water partition coefficient (Wildman–Crippen LogP) is 2.29. The minimum atomic E-state index is -0.374. The van der Waals surface area contributed by atoms with Gasteiger partial charge >= 0.3 is 0 Å². The molecule has 0 bridgehead atoms. The van der Waals surface area contributed by atoms with Gasteiger partial charge in [0.2, 0.25) is 5.91 Å². The number of nitrogens with two attached hydrogens (primary N) is 1. The number of ether oxygens (including phenoxy) is 1. The minimum absolute atomic E-state index is 0.0339. The van der Waals surface area contributed by atoms with Crippen molar-refractivity contribution in [2.45, 2.75) is 31.7 Å². The lowest BCUT2D eigenvalue weighted by atomic mass is 9.88. The molecule has 0 aliphatic heterocycles. The zero-order chi connectivity index (χ0) is 17.6. The Kier molecular flexibility index (Phi) is 5.33. The average molecular weight is 338 g/mol. The van der Waals surface area contributed by atoms with Crippen LogP contribution in [0.4, 0.5) is 0 Å². The van der Waals surface area contributed by atoms with Crippen LogP contribution in [0.15, 0.2) is 48.5 Å². The fourth-order valence-corrected chi connectivity index (χ4v) is 3.19. The van der Waals surface area contributed by atoms with Crippen molar-refractivity contribution in [1.29, 1.82) is 0 Å². The molecule has 0 saturated heterocycles. The van der Waals surface area contributed by atoms with Crippen molar-refractivity contribution in [3.05, 3.63) is 65.2 Å². The first-order valence-corrected chi connectivity index (χ1v) is 8.49. The van der Waals surface area contributed by atoms with Crippen LogP contribution in [-0.2, 0) is 22.4 Å². The van der Waals surface area contributed by atoms with Crippen LogP contribution in [0.2, 0.25) is 0 Å². The second-order valence-corrected chi connectivity index (χ2v) is 6.29. The van der Waals surface area contributed by atoms with Crippen molar-refractivity contribution >= 4 is 11.8 Å². The molecular formula is C20H22N2O3. The smallest absolute Gasteiger partial charge is 0.258 e. The number of aryl methyl sites for hydroxylation is 1. The first-order valence-electron chi connectivity index (χ1n) is 8.49. The van der Waals surface area contributed by atoms with Crippen LogP contribution in [0.25, 0.3) is 0 Å². The van der Waals surface area contributed by atoms with Crippen LogP contribution in [0, 0.1) is 0 Å². The number of amides is 2. The van der Waals surface area contributed by atoms with Gasteiger partial charge in [-0.1, -0.05) is 36.4 Å². The van der Waals surface area contributed by atoms with Gasteiger partial charge in [0.15, 0.2) is 6.61 Å². The quantitative estimate of drug-likeness (QED) is 0.848. The molecule has 2 amide bonds. The number of rotatable bonds is 6. The van der Waals surface area contributed by atoms with Gasteiger partial charge in [-0.15, -0.1) is 0 Å². The summed E-state index contributed by atoms with van der Waals surface area (Å²) in [6.45, 7) is -0.0339. The SMILES string of the molecule is NC(=O)Cc1ccc(OCC(=O)NC2CCCc3ccccc32)cc1. The molecule has 0 aromatic heterocycles. The Morgan fingerprint density at radius 3 is 2.64 bits per heavy atom. The summed E-state index contributed by atoms with van der Waals surface area (Å²) in [4.78, 5) is 23.1. The third-order valence-electron chi connectivity index (χ3n) is 4.38. The Hall–Kier alpha value is -2.82. The second-order valence-electron chi connectivity index (χ2n) is 6.29. The number of hydrogen-bond acceptors (Lipinski definition) is 3. The molecule has 5 heteroatoms. The van der Waals surface area contributed by atoms with E-state index in [1.807, 2.05) is 12.1 Å². The molecule has 1 aliphatic rings. The standard InChI is InChI=1S/C20H22N2O3/c21-19(23)12-14-8-10-16(11-9-14)25-13-20(24)22-18-7-3-5-15-4-1-2-6-17(15)18/h1-2,4,6,8-11,18H,3,5,7,12-13H2,(H2,21,23)(H,22,24). The molecule has 3 rings (SSSR count). The fraction of sp³-hybridized carbons (Fsp3) is 0.300. The summed E-state index contributed by atoms with van der Waals surface area (Å²) in [5.74, 6) is 0.0798. The van der Waals surface area contributed by atoms with Gasteiger partial charge in [0.05, 0.1) is 12.5 Å². The van der Waals surface area contributed by atoms with Crippen LogP contribution in [0.1, 0.15) is 35.6 Å². The molecule has 1 aliphatic carbocycles. The Bertz CT molecular complexity index is 756. The van der Waals surface area contributed by atoms with Gasteiger partial charge in [-0.3, -0.25) is 9.59 Å². The predicted molar refractivity (Wildman–Crippen MR) is 95.1 cm³/mol. The molecule has 2 aromatic carbocycles. The van der Waals surface area contributed by atoms with E-state index < -0.39 is 0 Å². The van der Waals surface area contributed by atoms with Crippen molar-refractivity contribution in [3.8, 4) is 5.75 Å². The third kappa shape index (κ3) is 4.59. The zero-order valence-corrected chi connectivity index (χ0v) is 14.0. The van der Waals surface area contributed by atoms with E-state index in [-0.39, 0.29) is 30.9 Å². The van der Waals surface area contributed by atoms with E-state index in [9.17, 15) is 9.59 Å². The maximum Gasteiger partial charge on any atom is 0.258 e. The first kappa shape index (κ1) is 17.0. The molecule has 5 nitrogen and oxygen atoms in total. The Balaban J connectivity index is 1.53. The van der Waals surface area contributed by atoms with Crippen molar-refractivity contribution in [1.82, 2.24) is 5.32 Å². The number of hydrogen-bond donors (Lipinski definition) is 2. The highest BCUT2D eigenvalue weighted by atomic mass is 16.5. The largest absolute Gasteiger partial charge is 0.484 e. The highest BCUT2D eigenvalue weighted by Gasteiger charge is 2.21. The third-order valence-corrected chi connectivity index (χ3v) is 4.38. The van der Waals surface area contributed by atoms with Crippen LogP contribution in [0.3, 0.4) is 0 Å². The van der Waals surface area contributed by atoms with Crippen molar-refractivity contribution in [2.75, 3.05) is 6.61 Å². The van der Waals surface area contributed by atoms with Crippen LogP contribution < -0.4 is 15.8 Å². The fourth-order valence-electron chi connectivity index (χ4n) is 3.19. The second kappa shape index (κ2) is 7.83. The summed E-state index contributed by atoms with van der Waals surface area (Å²) in [6, 6.07) is 15.3. The topological polar surface area (TPSA) is 81.4 Å². The molecule has 2 aromatic rings. The summed E-state index contributed by atoms with van der Waals surface area (Å²) in [5, 5.41) is 3.06. The van der Waals surface area contributed by atoms with E-state index in [1.54, 1.807) is 24.3 Å². The normalized spacial score (nSPS) is 15.9. The number of fused-ring (bicyclic) bond motifs is 1. The van der Waals surface area contributed by atoms with Crippen molar-refractivity contribution in [3.63, 3.8) is 0 Å². The molecule has 25 heavy (non-hydrogen) atoms. The molecule has 3 N–H and O–H groups in total. The molecule has 130 valence electrons. The Morgan fingerprint density at radius 1 is 1.12 bits per heavy atom. The first-order chi connectivity index (χ1) is 12.1. The highest BCUT2D eigenvalue weighted by molar-refractivity contribution is 5.78. The van der Waals surface area contributed by atoms with E-state index in [1.165, 1.54) is 11.1 Å². The maximum atomic E-state index is 12.2. The lowest BCUT2D eigenvalue weighted by Crippen LogP contribution is -2.34.